The van der Waals surface area contributed by atoms with Gasteiger partial charge in [0.1, 0.15) is 5.60 Å². The Kier molecular flexibility index (Phi) is 8.82. The Labute approximate surface area is 131 Å². The van der Waals surface area contributed by atoms with E-state index in [4.69, 9.17) is 9.16 Å². The van der Waals surface area contributed by atoms with Gasteiger partial charge in [0.15, 0.2) is 8.32 Å². The molecular formula is C17H32O3Si. The van der Waals surface area contributed by atoms with Crippen LogP contribution in [-0.2, 0) is 14.0 Å². The van der Waals surface area contributed by atoms with E-state index in [2.05, 4.69) is 27.4 Å². The third-order valence-electron chi connectivity index (χ3n) is 3.63. The van der Waals surface area contributed by atoms with Crippen LogP contribution in [0, 0.1) is 0 Å². The first-order valence-corrected chi connectivity index (χ1v) is 10.4. The fourth-order valence-corrected chi connectivity index (χ4v) is 4.98. The quantitative estimate of drug-likeness (QED) is 0.264. The Morgan fingerprint density at radius 3 is 2.10 bits per heavy atom. The standard InChI is InChI=1S/C17H32O3Si/c1-8-15(20-21(9-2,10-3)11-4)13-12-14-16(18)19-17(5,6)7/h8,12,14-15H,1,9-11,13H2,2-7H3/b14-12+/t15-/m1/s1. The van der Waals surface area contributed by atoms with Crippen molar-refractivity contribution in [2.24, 2.45) is 0 Å². The lowest BCUT2D eigenvalue weighted by molar-refractivity contribution is -0.148. The zero-order valence-electron chi connectivity index (χ0n) is 14.6. The summed E-state index contributed by atoms with van der Waals surface area (Å²) in [7, 11) is -1.64. The topological polar surface area (TPSA) is 35.5 Å². The molecule has 122 valence electrons. The maximum atomic E-state index is 11.6. The molecule has 0 bridgehead atoms. The molecule has 0 aliphatic carbocycles. The number of rotatable bonds is 9. The zero-order valence-corrected chi connectivity index (χ0v) is 15.6. The van der Waals surface area contributed by atoms with Gasteiger partial charge in [-0.1, -0.05) is 32.9 Å². The van der Waals surface area contributed by atoms with E-state index in [1.807, 2.05) is 32.9 Å². The largest absolute Gasteiger partial charge is 0.457 e. The summed E-state index contributed by atoms with van der Waals surface area (Å²) in [6.45, 7) is 16.0. The summed E-state index contributed by atoms with van der Waals surface area (Å²) in [6.07, 6.45) is 5.79. The minimum Gasteiger partial charge on any atom is -0.457 e. The summed E-state index contributed by atoms with van der Waals surface area (Å²) < 4.78 is 11.6. The molecule has 3 nitrogen and oxygen atoms in total. The molecule has 0 heterocycles. The summed E-state index contributed by atoms with van der Waals surface area (Å²) in [6, 6.07) is 3.33. The van der Waals surface area contributed by atoms with Crippen molar-refractivity contribution in [3.8, 4) is 0 Å². The van der Waals surface area contributed by atoms with Gasteiger partial charge in [-0.25, -0.2) is 4.79 Å². The average molecular weight is 313 g/mol. The minimum absolute atomic E-state index is 0.0183. The fraction of sp³-hybridized carbons (Fsp3) is 0.706. The summed E-state index contributed by atoms with van der Waals surface area (Å²) >= 11 is 0. The van der Waals surface area contributed by atoms with Gasteiger partial charge in [0.25, 0.3) is 0 Å². The van der Waals surface area contributed by atoms with Gasteiger partial charge in [-0.3, -0.25) is 0 Å². The Morgan fingerprint density at radius 2 is 1.71 bits per heavy atom. The van der Waals surface area contributed by atoms with Crippen LogP contribution in [0.1, 0.15) is 48.0 Å². The molecule has 0 aromatic rings. The van der Waals surface area contributed by atoms with E-state index >= 15 is 0 Å². The second kappa shape index (κ2) is 9.21. The molecule has 4 heteroatoms. The SMILES string of the molecule is C=C[C@H](C/C=C/C(=O)OC(C)(C)C)O[Si](CC)(CC)CC. The summed E-state index contributed by atoms with van der Waals surface area (Å²) in [5, 5.41) is 0. The second-order valence-corrected chi connectivity index (χ2v) is 11.0. The van der Waals surface area contributed by atoms with E-state index in [0.717, 1.165) is 18.1 Å². The highest BCUT2D eigenvalue weighted by atomic mass is 28.4. The maximum absolute atomic E-state index is 11.6. The van der Waals surface area contributed by atoms with E-state index in [1.54, 1.807) is 0 Å². The van der Waals surface area contributed by atoms with Gasteiger partial charge in [-0.15, -0.1) is 6.58 Å². The van der Waals surface area contributed by atoms with Gasteiger partial charge in [-0.2, -0.15) is 0 Å². The summed E-state index contributed by atoms with van der Waals surface area (Å²) in [5.74, 6) is -0.310. The van der Waals surface area contributed by atoms with Crippen LogP contribution in [0.15, 0.2) is 24.8 Å². The third-order valence-corrected chi connectivity index (χ3v) is 8.30. The van der Waals surface area contributed by atoms with Crippen LogP contribution in [0.4, 0.5) is 0 Å². The molecule has 0 saturated heterocycles. The maximum Gasteiger partial charge on any atom is 0.330 e. The molecule has 0 aromatic heterocycles. The highest BCUT2D eigenvalue weighted by Gasteiger charge is 2.30. The lowest BCUT2D eigenvalue weighted by Gasteiger charge is -2.31. The second-order valence-electron chi connectivity index (χ2n) is 6.31. The number of hydrogen-bond donors (Lipinski definition) is 0. The molecule has 0 fully saturated rings. The van der Waals surface area contributed by atoms with Gasteiger partial charge in [0.2, 0.25) is 0 Å². The number of carbonyl (C=O) groups excluding carboxylic acids is 1. The number of hydrogen-bond acceptors (Lipinski definition) is 3. The Morgan fingerprint density at radius 1 is 1.19 bits per heavy atom. The molecule has 0 radical (unpaired) electrons. The van der Waals surface area contributed by atoms with Crippen LogP contribution in [0.2, 0.25) is 18.1 Å². The highest BCUT2D eigenvalue weighted by molar-refractivity contribution is 6.73. The fourth-order valence-electron chi connectivity index (χ4n) is 2.15. The number of esters is 1. The van der Waals surface area contributed by atoms with Crippen molar-refractivity contribution in [2.75, 3.05) is 0 Å². The van der Waals surface area contributed by atoms with Crippen LogP contribution >= 0.6 is 0 Å². The predicted octanol–water partition coefficient (Wildman–Crippen LogP) is 4.85. The van der Waals surface area contributed by atoms with Gasteiger partial charge in [0.05, 0.1) is 6.10 Å². The molecule has 0 spiro atoms. The highest BCUT2D eigenvalue weighted by Crippen LogP contribution is 2.24. The van der Waals surface area contributed by atoms with E-state index < -0.39 is 13.9 Å². The molecule has 0 aliphatic heterocycles. The molecule has 0 aliphatic rings. The monoisotopic (exact) mass is 312 g/mol. The first kappa shape index (κ1) is 20.1. The Hall–Kier alpha value is -0.873. The van der Waals surface area contributed by atoms with Gasteiger partial charge >= 0.3 is 5.97 Å². The van der Waals surface area contributed by atoms with Crippen LogP contribution in [0.3, 0.4) is 0 Å². The zero-order chi connectivity index (χ0) is 16.5. The average Bonchev–Trinajstić information content (AvgIpc) is 2.41. The van der Waals surface area contributed by atoms with E-state index in [9.17, 15) is 4.79 Å². The normalized spacial score (nSPS) is 14.2. The molecule has 0 saturated carbocycles. The molecule has 1 atom stereocenters. The molecular weight excluding hydrogens is 280 g/mol. The molecule has 0 aromatic carbocycles. The van der Waals surface area contributed by atoms with Crippen LogP contribution in [-0.4, -0.2) is 26.0 Å². The molecule has 0 amide bonds. The van der Waals surface area contributed by atoms with E-state index in [1.165, 1.54) is 6.08 Å². The van der Waals surface area contributed by atoms with Crippen LogP contribution in [0.25, 0.3) is 0 Å². The minimum atomic E-state index is -1.64. The van der Waals surface area contributed by atoms with E-state index in [-0.39, 0.29) is 12.1 Å². The first-order chi connectivity index (χ1) is 9.71. The lowest BCUT2D eigenvalue weighted by atomic mass is 10.2. The van der Waals surface area contributed by atoms with Gasteiger partial charge in [-0.05, 0) is 45.3 Å². The Bertz CT molecular complexity index is 343. The van der Waals surface area contributed by atoms with Crippen molar-refractivity contribution >= 4 is 14.3 Å². The number of ether oxygens (including phenoxy) is 1. The first-order valence-electron chi connectivity index (χ1n) is 7.91. The Balaban J connectivity index is 4.52. The summed E-state index contributed by atoms with van der Waals surface area (Å²) in [4.78, 5) is 11.6. The molecule has 21 heavy (non-hydrogen) atoms. The van der Waals surface area contributed by atoms with Crippen LogP contribution < -0.4 is 0 Å². The van der Waals surface area contributed by atoms with Crippen molar-refractivity contribution < 1.29 is 14.0 Å². The van der Waals surface area contributed by atoms with Crippen molar-refractivity contribution in [3.63, 3.8) is 0 Å². The third kappa shape index (κ3) is 8.22. The molecule has 0 rings (SSSR count). The van der Waals surface area contributed by atoms with Gasteiger partial charge in [0, 0.05) is 6.08 Å². The molecule has 0 N–H and O–H groups in total. The summed E-state index contributed by atoms with van der Waals surface area (Å²) in [5.41, 5.74) is -0.454. The van der Waals surface area contributed by atoms with Gasteiger partial charge < -0.3 is 9.16 Å². The predicted molar refractivity (Wildman–Crippen MR) is 91.9 cm³/mol. The van der Waals surface area contributed by atoms with Crippen molar-refractivity contribution in [2.45, 2.75) is 77.8 Å². The van der Waals surface area contributed by atoms with Crippen molar-refractivity contribution in [3.05, 3.63) is 24.8 Å². The smallest absolute Gasteiger partial charge is 0.330 e. The lowest BCUT2D eigenvalue weighted by Crippen LogP contribution is -2.39. The van der Waals surface area contributed by atoms with Crippen molar-refractivity contribution in [1.82, 2.24) is 0 Å². The van der Waals surface area contributed by atoms with Crippen molar-refractivity contribution in [1.29, 1.82) is 0 Å². The number of carbonyl (C=O) groups is 1. The van der Waals surface area contributed by atoms with E-state index in [0.29, 0.717) is 6.42 Å². The molecule has 0 unspecified atom stereocenters. The van der Waals surface area contributed by atoms with Crippen LogP contribution in [0.5, 0.6) is 0 Å².